The number of carbonyl (C=O) groups excluding carboxylic acids is 1. The molecule has 0 unspecified atom stereocenters. The average Bonchev–Trinajstić information content (AvgIpc) is 3.02. The summed E-state index contributed by atoms with van der Waals surface area (Å²) < 4.78 is 0. The number of nitrogens with two attached hydrogens (primary N) is 2. The molecule has 0 aliphatic carbocycles. The molecule has 7 heteroatoms. The summed E-state index contributed by atoms with van der Waals surface area (Å²) in [4.78, 5) is 11.4. The van der Waals surface area contributed by atoms with E-state index in [1.165, 1.54) is 0 Å². The Balaban J connectivity index is 2.05. The van der Waals surface area contributed by atoms with Crippen LogP contribution in [-0.2, 0) is 0 Å². The van der Waals surface area contributed by atoms with Gasteiger partial charge in [0, 0.05) is 16.3 Å². The zero-order valence-corrected chi connectivity index (χ0v) is 12.9. The van der Waals surface area contributed by atoms with E-state index in [1.54, 1.807) is 6.20 Å². The third-order valence-corrected chi connectivity index (χ3v) is 4.14. The predicted octanol–water partition coefficient (Wildman–Crippen LogP) is 2.16. The van der Waals surface area contributed by atoms with Gasteiger partial charge in [0.25, 0.3) is 5.91 Å². The molecule has 0 aliphatic heterocycles. The molecule has 2 aromatic heterocycles. The number of primary amides is 1. The summed E-state index contributed by atoms with van der Waals surface area (Å²) in [7, 11) is 0. The quantitative estimate of drug-likeness (QED) is 0.522. The van der Waals surface area contributed by atoms with Crippen molar-refractivity contribution >= 4 is 33.4 Å². The Morgan fingerprint density at radius 1 is 1.17 bits per heavy atom. The number of carbonyl (C=O) groups is 1. The molecule has 4 aromatic rings. The summed E-state index contributed by atoms with van der Waals surface area (Å²) in [5.41, 5.74) is 16.1. The molecule has 118 valence electrons. The summed E-state index contributed by atoms with van der Waals surface area (Å²) >= 11 is 0. The molecule has 2 heterocycles. The normalized spacial score (nSPS) is 11.2. The van der Waals surface area contributed by atoms with Crippen LogP contribution in [0.1, 0.15) is 16.1 Å². The van der Waals surface area contributed by atoms with E-state index in [-0.39, 0.29) is 11.4 Å². The van der Waals surface area contributed by atoms with E-state index in [4.69, 9.17) is 11.5 Å². The lowest BCUT2D eigenvalue weighted by Crippen LogP contribution is -2.16. The first-order chi connectivity index (χ1) is 11.6. The van der Waals surface area contributed by atoms with Crippen LogP contribution in [0.2, 0.25) is 0 Å². The number of H-pyrrole nitrogens is 1. The summed E-state index contributed by atoms with van der Waals surface area (Å²) in [6.07, 6.45) is 1.77. The third kappa shape index (κ3) is 1.98. The Morgan fingerprint density at radius 2 is 2.00 bits per heavy atom. The number of aryl methyl sites for hydroxylation is 1. The van der Waals surface area contributed by atoms with Gasteiger partial charge < -0.3 is 11.5 Å². The minimum atomic E-state index is -0.691. The maximum atomic E-state index is 11.4. The number of nitrogens with one attached hydrogen (secondary N) is 1. The fraction of sp³-hybridized carbons (Fsp3) is 0.0588. The van der Waals surface area contributed by atoms with E-state index in [9.17, 15) is 4.79 Å². The van der Waals surface area contributed by atoms with Crippen molar-refractivity contribution < 1.29 is 4.79 Å². The number of nitrogen functional groups attached to an aromatic ring is 1. The monoisotopic (exact) mass is 318 g/mol. The molecule has 0 spiro atoms. The second-order valence-electron chi connectivity index (χ2n) is 5.65. The van der Waals surface area contributed by atoms with Gasteiger partial charge in [-0.1, -0.05) is 18.2 Å². The molecule has 0 radical (unpaired) electrons. The van der Waals surface area contributed by atoms with Crippen LogP contribution in [0.25, 0.3) is 32.9 Å². The highest BCUT2D eigenvalue weighted by Gasteiger charge is 2.17. The number of amides is 1. The van der Waals surface area contributed by atoms with Crippen LogP contribution in [-0.4, -0.2) is 26.3 Å². The first kappa shape index (κ1) is 14.1. The molecule has 5 N–H and O–H groups in total. The van der Waals surface area contributed by atoms with Gasteiger partial charge in [-0.05, 0) is 30.2 Å². The number of anilines is 1. The molecule has 2 aromatic carbocycles. The fourth-order valence-electron chi connectivity index (χ4n) is 2.94. The molecule has 0 saturated heterocycles. The van der Waals surface area contributed by atoms with Crippen LogP contribution in [0.3, 0.4) is 0 Å². The van der Waals surface area contributed by atoms with E-state index in [1.807, 2.05) is 37.3 Å². The van der Waals surface area contributed by atoms with E-state index in [0.717, 1.165) is 27.6 Å². The number of fused-ring (bicyclic) bond motifs is 2. The van der Waals surface area contributed by atoms with Gasteiger partial charge in [-0.3, -0.25) is 9.89 Å². The standard InChI is InChI=1S/C17H14N6O/c1-8-2-4-11-14(18)16(17(19)24)23-22-15(11)13(8)9-3-5-12-10(6-9)7-20-21-12/h2-7H,1H3,(H2,18,22)(H2,19,24)(H,20,21). The molecular formula is C17H14N6O. The van der Waals surface area contributed by atoms with Crippen LogP contribution < -0.4 is 11.5 Å². The Labute approximate surface area is 136 Å². The van der Waals surface area contributed by atoms with Gasteiger partial charge in [0.05, 0.1) is 17.4 Å². The Morgan fingerprint density at radius 3 is 2.79 bits per heavy atom. The summed E-state index contributed by atoms with van der Waals surface area (Å²) in [6.45, 7) is 1.99. The topological polar surface area (TPSA) is 124 Å². The van der Waals surface area contributed by atoms with E-state index < -0.39 is 5.91 Å². The zero-order chi connectivity index (χ0) is 16.8. The predicted molar refractivity (Wildman–Crippen MR) is 92.3 cm³/mol. The molecule has 0 fully saturated rings. The number of rotatable bonds is 2. The number of nitrogens with zero attached hydrogens (tertiary/aromatic N) is 3. The van der Waals surface area contributed by atoms with Gasteiger partial charge in [0.15, 0.2) is 5.69 Å². The highest BCUT2D eigenvalue weighted by atomic mass is 16.1. The Hall–Kier alpha value is -3.48. The molecule has 1 amide bonds. The average molecular weight is 318 g/mol. The molecule has 4 rings (SSSR count). The van der Waals surface area contributed by atoms with Gasteiger partial charge in [0.2, 0.25) is 0 Å². The highest BCUT2D eigenvalue weighted by Crippen LogP contribution is 2.34. The largest absolute Gasteiger partial charge is 0.396 e. The van der Waals surface area contributed by atoms with E-state index in [2.05, 4.69) is 20.4 Å². The molecule has 0 saturated carbocycles. The fourth-order valence-corrected chi connectivity index (χ4v) is 2.94. The van der Waals surface area contributed by atoms with Gasteiger partial charge in [-0.2, -0.15) is 5.10 Å². The number of benzene rings is 2. The van der Waals surface area contributed by atoms with Crippen molar-refractivity contribution in [3.8, 4) is 11.1 Å². The summed E-state index contributed by atoms with van der Waals surface area (Å²) in [5.74, 6) is -0.691. The second kappa shape index (κ2) is 5.02. The van der Waals surface area contributed by atoms with Crippen LogP contribution in [0.5, 0.6) is 0 Å². The smallest absolute Gasteiger partial charge is 0.271 e. The lowest BCUT2D eigenvalue weighted by atomic mass is 9.96. The van der Waals surface area contributed by atoms with Crippen LogP contribution >= 0.6 is 0 Å². The molecule has 0 atom stereocenters. The van der Waals surface area contributed by atoms with Gasteiger partial charge >= 0.3 is 0 Å². The number of hydrogen-bond donors (Lipinski definition) is 3. The maximum Gasteiger partial charge on any atom is 0.271 e. The van der Waals surface area contributed by atoms with Crippen LogP contribution in [0.15, 0.2) is 36.5 Å². The molecule has 0 bridgehead atoms. The lowest BCUT2D eigenvalue weighted by Gasteiger charge is -2.12. The first-order valence-electron chi connectivity index (χ1n) is 7.35. The van der Waals surface area contributed by atoms with Crippen LogP contribution in [0, 0.1) is 6.92 Å². The van der Waals surface area contributed by atoms with Crippen molar-refractivity contribution in [3.63, 3.8) is 0 Å². The number of aromatic amines is 1. The van der Waals surface area contributed by atoms with Crippen molar-refractivity contribution in [3.05, 3.63) is 47.8 Å². The van der Waals surface area contributed by atoms with Gasteiger partial charge in [-0.15, -0.1) is 10.2 Å². The minimum Gasteiger partial charge on any atom is -0.396 e. The Kier molecular flexibility index (Phi) is 2.96. The van der Waals surface area contributed by atoms with Crippen LogP contribution in [0.4, 0.5) is 5.69 Å². The van der Waals surface area contributed by atoms with Gasteiger partial charge in [-0.25, -0.2) is 0 Å². The molecular weight excluding hydrogens is 304 g/mol. The second-order valence-corrected chi connectivity index (χ2v) is 5.65. The SMILES string of the molecule is Cc1ccc2c(N)c(C(N)=O)nnc2c1-c1ccc2[nH]ncc2c1. The van der Waals surface area contributed by atoms with Crippen molar-refractivity contribution in [2.24, 2.45) is 5.73 Å². The molecule has 24 heavy (non-hydrogen) atoms. The van der Waals surface area contributed by atoms with Crippen molar-refractivity contribution in [1.82, 2.24) is 20.4 Å². The number of hydrogen-bond acceptors (Lipinski definition) is 5. The van der Waals surface area contributed by atoms with Crippen molar-refractivity contribution in [2.75, 3.05) is 5.73 Å². The van der Waals surface area contributed by atoms with E-state index in [0.29, 0.717) is 10.9 Å². The highest BCUT2D eigenvalue weighted by molar-refractivity contribution is 6.08. The minimum absolute atomic E-state index is 0.0115. The first-order valence-corrected chi connectivity index (χ1v) is 7.35. The Bertz CT molecular complexity index is 1110. The van der Waals surface area contributed by atoms with E-state index >= 15 is 0 Å². The summed E-state index contributed by atoms with van der Waals surface area (Å²) in [6, 6.07) is 9.76. The van der Waals surface area contributed by atoms with Crippen molar-refractivity contribution in [2.45, 2.75) is 6.92 Å². The third-order valence-electron chi connectivity index (χ3n) is 4.14. The summed E-state index contributed by atoms with van der Waals surface area (Å²) in [5, 5.41) is 16.8. The molecule has 0 aliphatic rings. The molecule has 7 nitrogen and oxygen atoms in total. The lowest BCUT2D eigenvalue weighted by molar-refractivity contribution is 0.0996. The van der Waals surface area contributed by atoms with Gasteiger partial charge in [0.1, 0.15) is 5.52 Å². The maximum absolute atomic E-state index is 11.4. The number of aromatic nitrogens is 4. The zero-order valence-electron chi connectivity index (χ0n) is 12.9. The van der Waals surface area contributed by atoms with Crippen molar-refractivity contribution in [1.29, 1.82) is 0 Å².